The Morgan fingerprint density at radius 3 is 2.24 bits per heavy atom. The average Bonchev–Trinajstić information content (AvgIpc) is 2.74. The second-order valence-corrected chi connectivity index (χ2v) is 8.38. The third kappa shape index (κ3) is 3.32. The van der Waals surface area contributed by atoms with Gasteiger partial charge in [-0.1, -0.05) is 49.7 Å². The molecule has 0 fully saturated rings. The van der Waals surface area contributed by atoms with Gasteiger partial charge < -0.3 is 0 Å². The number of hydrogen-bond donors (Lipinski definition) is 0. The Morgan fingerprint density at radius 1 is 0.862 bits per heavy atom. The van der Waals surface area contributed by atoms with Crippen molar-refractivity contribution in [2.75, 3.05) is 0 Å². The molecule has 0 aromatic heterocycles. The first-order chi connectivity index (χ1) is 13.9. The highest BCUT2D eigenvalue weighted by molar-refractivity contribution is 7.86. The summed E-state index contributed by atoms with van der Waals surface area (Å²) in [5, 5.41) is 1.72. The number of benzene rings is 3. The molecule has 3 aromatic rings. The Bertz CT molecular complexity index is 1200. The summed E-state index contributed by atoms with van der Waals surface area (Å²) in [6.07, 6.45) is 2.85. The van der Waals surface area contributed by atoms with Gasteiger partial charge in [0, 0.05) is 5.39 Å². The SMILES string of the molecule is CCCCc1ccc2c3c(cccc13)C(=O)N(OS(=O)(=O)c1ccccc1)C2=O. The summed E-state index contributed by atoms with van der Waals surface area (Å²) in [5.41, 5.74) is 1.55. The zero-order chi connectivity index (χ0) is 20.6. The number of aryl methyl sites for hydroxylation is 1. The molecule has 0 saturated carbocycles. The monoisotopic (exact) mass is 409 g/mol. The molecule has 0 saturated heterocycles. The van der Waals surface area contributed by atoms with E-state index in [0.29, 0.717) is 10.4 Å². The van der Waals surface area contributed by atoms with E-state index in [1.165, 1.54) is 24.3 Å². The molecule has 29 heavy (non-hydrogen) atoms. The Labute approximate surface area is 168 Å². The second-order valence-electron chi connectivity index (χ2n) is 6.85. The minimum atomic E-state index is -4.33. The van der Waals surface area contributed by atoms with Gasteiger partial charge in [0.15, 0.2) is 0 Å². The fourth-order valence-electron chi connectivity index (χ4n) is 3.52. The van der Waals surface area contributed by atoms with Gasteiger partial charge >= 0.3 is 10.1 Å². The number of imide groups is 1. The molecule has 3 aromatic carbocycles. The van der Waals surface area contributed by atoms with Crippen LogP contribution in [-0.2, 0) is 20.8 Å². The zero-order valence-corrected chi connectivity index (χ0v) is 16.6. The Hall–Kier alpha value is -3.03. The molecule has 148 valence electrons. The maximum absolute atomic E-state index is 13.0. The molecule has 0 radical (unpaired) electrons. The molecule has 4 rings (SSSR count). The fourth-order valence-corrected chi connectivity index (χ4v) is 4.42. The molecule has 1 aliphatic heterocycles. The number of carbonyl (C=O) groups excluding carboxylic acids is 2. The van der Waals surface area contributed by atoms with Crippen LogP contribution in [0.2, 0.25) is 0 Å². The molecule has 1 heterocycles. The first-order valence-electron chi connectivity index (χ1n) is 9.37. The van der Waals surface area contributed by atoms with Crippen LogP contribution in [0.25, 0.3) is 10.8 Å². The largest absolute Gasteiger partial charge is 0.318 e. The highest BCUT2D eigenvalue weighted by Gasteiger charge is 2.37. The van der Waals surface area contributed by atoms with Crippen LogP contribution in [0.5, 0.6) is 0 Å². The summed E-state index contributed by atoms with van der Waals surface area (Å²) in [7, 11) is -4.33. The first kappa shape index (κ1) is 19.3. The average molecular weight is 409 g/mol. The van der Waals surface area contributed by atoms with E-state index in [0.717, 1.165) is 30.2 Å². The van der Waals surface area contributed by atoms with E-state index in [4.69, 9.17) is 4.28 Å². The van der Waals surface area contributed by atoms with Gasteiger partial charge in [-0.05, 0) is 48.1 Å². The van der Waals surface area contributed by atoms with Crippen LogP contribution >= 0.6 is 0 Å². The summed E-state index contributed by atoms with van der Waals surface area (Å²) >= 11 is 0. The van der Waals surface area contributed by atoms with Gasteiger partial charge in [0.1, 0.15) is 0 Å². The summed E-state index contributed by atoms with van der Waals surface area (Å²) in [6.45, 7) is 2.10. The van der Waals surface area contributed by atoms with Crippen molar-refractivity contribution in [1.82, 2.24) is 5.06 Å². The van der Waals surface area contributed by atoms with Crippen LogP contribution < -0.4 is 0 Å². The lowest BCUT2D eigenvalue weighted by atomic mass is 9.90. The van der Waals surface area contributed by atoms with E-state index >= 15 is 0 Å². The molecule has 7 heteroatoms. The summed E-state index contributed by atoms with van der Waals surface area (Å²) in [6, 6.07) is 16.1. The Kier molecular flexibility index (Phi) is 4.94. The third-order valence-electron chi connectivity index (χ3n) is 4.96. The lowest BCUT2D eigenvalue weighted by Crippen LogP contribution is -2.41. The lowest BCUT2D eigenvalue weighted by molar-refractivity contribution is -0.0155. The molecule has 0 spiro atoms. The van der Waals surface area contributed by atoms with E-state index in [1.54, 1.807) is 24.3 Å². The number of unbranched alkanes of at least 4 members (excludes halogenated alkanes) is 1. The number of amides is 2. The van der Waals surface area contributed by atoms with Gasteiger partial charge in [0.2, 0.25) is 0 Å². The minimum Gasteiger partial charge on any atom is -0.266 e. The van der Waals surface area contributed by atoms with Crippen LogP contribution in [0.15, 0.2) is 65.6 Å². The number of hydroxylamine groups is 2. The predicted octanol–water partition coefficient (Wildman–Crippen LogP) is 4.10. The zero-order valence-electron chi connectivity index (χ0n) is 15.8. The second kappa shape index (κ2) is 7.42. The van der Waals surface area contributed by atoms with Crippen LogP contribution in [0.1, 0.15) is 46.0 Å². The molecular weight excluding hydrogens is 390 g/mol. The number of carbonyl (C=O) groups is 2. The lowest BCUT2D eigenvalue weighted by Gasteiger charge is -2.26. The molecule has 1 aliphatic rings. The maximum Gasteiger partial charge on any atom is 0.318 e. The van der Waals surface area contributed by atoms with E-state index in [2.05, 4.69) is 6.92 Å². The molecule has 0 N–H and O–H groups in total. The molecule has 2 amide bonds. The molecular formula is C22H19NO5S. The number of rotatable bonds is 6. The Balaban J connectivity index is 1.78. The number of nitrogens with zero attached hydrogens (tertiary/aromatic N) is 1. The van der Waals surface area contributed by atoms with Gasteiger partial charge in [-0.3, -0.25) is 9.59 Å². The van der Waals surface area contributed by atoms with Crippen LogP contribution in [-0.4, -0.2) is 25.3 Å². The van der Waals surface area contributed by atoms with Crippen molar-refractivity contribution in [3.8, 4) is 0 Å². The van der Waals surface area contributed by atoms with Crippen molar-refractivity contribution < 1.29 is 22.3 Å². The molecule has 0 bridgehead atoms. The predicted molar refractivity (Wildman–Crippen MR) is 108 cm³/mol. The summed E-state index contributed by atoms with van der Waals surface area (Å²) in [4.78, 5) is 25.8. The van der Waals surface area contributed by atoms with E-state index in [-0.39, 0.29) is 16.0 Å². The van der Waals surface area contributed by atoms with Crippen LogP contribution in [0.3, 0.4) is 0 Å². The van der Waals surface area contributed by atoms with Gasteiger partial charge in [0.25, 0.3) is 11.8 Å². The normalized spacial score (nSPS) is 13.9. The maximum atomic E-state index is 13.0. The van der Waals surface area contributed by atoms with Crippen LogP contribution in [0, 0.1) is 0 Å². The van der Waals surface area contributed by atoms with Gasteiger partial charge in [-0.2, -0.15) is 8.42 Å². The first-order valence-corrected chi connectivity index (χ1v) is 10.8. The summed E-state index contributed by atoms with van der Waals surface area (Å²) in [5.74, 6) is -1.58. The van der Waals surface area contributed by atoms with E-state index in [9.17, 15) is 18.0 Å². The Morgan fingerprint density at radius 2 is 1.55 bits per heavy atom. The van der Waals surface area contributed by atoms with Crippen molar-refractivity contribution in [2.45, 2.75) is 31.1 Å². The summed E-state index contributed by atoms with van der Waals surface area (Å²) < 4.78 is 30.1. The van der Waals surface area contributed by atoms with E-state index < -0.39 is 21.9 Å². The molecule has 6 nitrogen and oxygen atoms in total. The van der Waals surface area contributed by atoms with Crippen LogP contribution in [0.4, 0.5) is 0 Å². The van der Waals surface area contributed by atoms with Crippen molar-refractivity contribution >= 4 is 32.7 Å². The van der Waals surface area contributed by atoms with Crippen molar-refractivity contribution in [3.05, 3.63) is 77.4 Å². The van der Waals surface area contributed by atoms with Gasteiger partial charge in [-0.15, -0.1) is 9.35 Å². The number of hydrogen-bond acceptors (Lipinski definition) is 5. The van der Waals surface area contributed by atoms with Gasteiger partial charge in [-0.25, -0.2) is 0 Å². The highest BCUT2D eigenvalue weighted by atomic mass is 32.2. The highest BCUT2D eigenvalue weighted by Crippen LogP contribution is 2.33. The van der Waals surface area contributed by atoms with Crippen molar-refractivity contribution in [2.24, 2.45) is 0 Å². The van der Waals surface area contributed by atoms with E-state index in [1.807, 2.05) is 12.1 Å². The topological polar surface area (TPSA) is 80.8 Å². The van der Waals surface area contributed by atoms with Gasteiger partial charge in [0.05, 0.1) is 16.0 Å². The molecule has 0 atom stereocenters. The third-order valence-corrected chi connectivity index (χ3v) is 6.16. The fraction of sp³-hybridized carbons (Fsp3) is 0.182. The van der Waals surface area contributed by atoms with Crippen molar-refractivity contribution in [1.29, 1.82) is 0 Å². The molecule has 0 unspecified atom stereocenters. The molecule has 0 aliphatic carbocycles. The quantitative estimate of drug-likeness (QED) is 0.573. The van der Waals surface area contributed by atoms with Crippen molar-refractivity contribution in [3.63, 3.8) is 0 Å². The standard InChI is InChI=1S/C22H19NO5S/c1-2-3-8-15-13-14-19-20-17(15)11-7-12-18(20)21(24)23(22(19)25)28-29(26,27)16-9-5-4-6-10-16/h4-7,9-14H,2-3,8H2,1H3. The smallest absolute Gasteiger partial charge is 0.266 e. The minimum absolute atomic E-state index is 0.139.